The summed E-state index contributed by atoms with van der Waals surface area (Å²) in [6.07, 6.45) is 6.63. The lowest BCUT2D eigenvalue weighted by Gasteiger charge is -2.16. The van der Waals surface area contributed by atoms with E-state index in [1.165, 1.54) is 6.92 Å². The van der Waals surface area contributed by atoms with Gasteiger partial charge in [-0.15, -0.1) is 0 Å². The Balaban J connectivity index is 1.91. The van der Waals surface area contributed by atoms with Gasteiger partial charge in [0.15, 0.2) is 5.82 Å². The Bertz CT molecular complexity index is 637. The van der Waals surface area contributed by atoms with Gasteiger partial charge in [-0.3, -0.25) is 9.59 Å². The van der Waals surface area contributed by atoms with E-state index in [0.717, 1.165) is 12.0 Å². The lowest BCUT2D eigenvalue weighted by atomic mass is 10.1. The van der Waals surface area contributed by atoms with Crippen molar-refractivity contribution >= 4 is 11.8 Å². The molecule has 0 saturated heterocycles. The fourth-order valence-corrected chi connectivity index (χ4v) is 2.18. The van der Waals surface area contributed by atoms with Crippen molar-refractivity contribution in [1.29, 1.82) is 0 Å². The molecule has 1 atom stereocenters. The first kappa shape index (κ1) is 16.7. The standard InChI is InChI=1S/C16H21N5O2/c1-3-5-14(20-12(2)22)16(23)18-11-13-6-7-15(17-10-13)21-9-4-8-19-21/h4,6-10,14H,3,5,11H2,1-2H3,(H,18,23)(H,20,22). The van der Waals surface area contributed by atoms with E-state index in [-0.39, 0.29) is 11.8 Å². The number of nitrogens with zero attached hydrogens (tertiary/aromatic N) is 3. The average molecular weight is 315 g/mol. The van der Waals surface area contributed by atoms with Crippen molar-refractivity contribution in [3.63, 3.8) is 0 Å². The van der Waals surface area contributed by atoms with Gasteiger partial charge in [0.05, 0.1) is 0 Å². The molecule has 2 aromatic heterocycles. The van der Waals surface area contributed by atoms with E-state index >= 15 is 0 Å². The Morgan fingerprint density at radius 3 is 2.74 bits per heavy atom. The van der Waals surface area contributed by atoms with Crippen LogP contribution in [-0.2, 0) is 16.1 Å². The maximum absolute atomic E-state index is 12.1. The fourth-order valence-electron chi connectivity index (χ4n) is 2.18. The number of carbonyl (C=O) groups excluding carboxylic acids is 2. The van der Waals surface area contributed by atoms with E-state index in [9.17, 15) is 9.59 Å². The number of carbonyl (C=O) groups is 2. The number of rotatable bonds is 7. The van der Waals surface area contributed by atoms with Crippen LogP contribution in [0.3, 0.4) is 0 Å². The van der Waals surface area contributed by atoms with Crippen molar-refractivity contribution < 1.29 is 9.59 Å². The quantitative estimate of drug-likeness (QED) is 0.803. The third kappa shape index (κ3) is 4.91. The number of amides is 2. The van der Waals surface area contributed by atoms with Crippen LogP contribution >= 0.6 is 0 Å². The minimum absolute atomic E-state index is 0.182. The molecule has 122 valence electrons. The summed E-state index contributed by atoms with van der Waals surface area (Å²) in [6, 6.07) is 5.06. The zero-order chi connectivity index (χ0) is 16.7. The summed E-state index contributed by atoms with van der Waals surface area (Å²) < 4.78 is 1.66. The molecule has 0 saturated carbocycles. The maximum Gasteiger partial charge on any atom is 0.242 e. The molecule has 0 aliphatic carbocycles. The molecule has 2 rings (SSSR count). The van der Waals surface area contributed by atoms with E-state index in [1.54, 1.807) is 17.1 Å². The van der Waals surface area contributed by atoms with E-state index in [1.807, 2.05) is 31.3 Å². The summed E-state index contributed by atoms with van der Waals surface area (Å²) in [5, 5.41) is 9.60. The molecule has 7 heteroatoms. The summed E-state index contributed by atoms with van der Waals surface area (Å²) in [5.41, 5.74) is 0.882. The van der Waals surface area contributed by atoms with Crippen molar-refractivity contribution in [1.82, 2.24) is 25.4 Å². The van der Waals surface area contributed by atoms with Gasteiger partial charge >= 0.3 is 0 Å². The lowest BCUT2D eigenvalue weighted by molar-refractivity contribution is -0.128. The first-order valence-corrected chi connectivity index (χ1v) is 7.60. The van der Waals surface area contributed by atoms with Crippen LogP contribution in [0.5, 0.6) is 0 Å². The number of hydrogen-bond acceptors (Lipinski definition) is 4. The van der Waals surface area contributed by atoms with Crippen molar-refractivity contribution in [3.8, 4) is 5.82 Å². The molecule has 1 unspecified atom stereocenters. The second kappa shape index (κ2) is 8.07. The Morgan fingerprint density at radius 2 is 2.17 bits per heavy atom. The van der Waals surface area contributed by atoms with Crippen molar-refractivity contribution in [2.24, 2.45) is 0 Å². The molecule has 0 radical (unpaired) electrons. The van der Waals surface area contributed by atoms with Gasteiger partial charge in [-0.05, 0) is 24.1 Å². The third-order valence-corrected chi connectivity index (χ3v) is 3.29. The largest absolute Gasteiger partial charge is 0.350 e. The van der Waals surface area contributed by atoms with Gasteiger partial charge in [-0.25, -0.2) is 9.67 Å². The molecular formula is C16H21N5O2. The molecule has 23 heavy (non-hydrogen) atoms. The summed E-state index contributed by atoms with van der Waals surface area (Å²) in [6.45, 7) is 3.75. The maximum atomic E-state index is 12.1. The highest BCUT2D eigenvalue weighted by atomic mass is 16.2. The summed E-state index contributed by atoms with van der Waals surface area (Å²) >= 11 is 0. The summed E-state index contributed by atoms with van der Waals surface area (Å²) in [5.74, 6) is 0.328. The highest BCUT2D eigenvalue weighted by molar-refractivity contribution is 5.86. The first-order valence-electron chi connectivity index (χ1n) is 7.60. The zero-order valence-corrected chi connectivity index (χ0v) is 13.3. The molecule has 0 aliphatic heterocycles. The molecule has 0 aromatic carbocycles. The van der Waals surface area contributed by atoms with Crippen LogP contribution in [0.25, 0.3) is 5.82 Å². The number of nitrogens with one attached hydrogen (secondary N) is 2. The SMILES string of the molecule is CCCC(NC(C)=O)C(=O)NCc1ccc(-n2cccn2)nc1. The van der Waals surface area contributed by atoms with E-state index in [4.69, 9.17) is 0 Å². The molecule has 0 aliphatic rings. The number of pyridine rings is 1. The molecule has 2 aromatic rings. The van der Waals surface area contributed by atoms with Gasteiger partial charge in [0, 0.05) is 32.1 Å². The average Bonchev–Trinajstić information content (AvgIpc) is 3.06. The summed E-state index contributed by atoms with van der Waals surface area (Å²) in [7, 11) is 0. The van der Waals surface area contributed by atoms with Crippen LogP contribution in [0, 0.1) is 0 Å². The Kier molecular flexibility index (Phi) is 5.85. The van der Waals surface area contributed by atoms with Crippen LogP contribution in [0.2, 0.25) is 0 Å². The topological polar surface area (TPSA) is 88.9 Å². The van der Waals surface area contributed by atoms with E-state index < -0.39 is 6.04 Å². The minimum atomic E-state index is -0.492. The lowest BCUT2D eigenvalue weighted by Crippen LogP contribution is -2.45. The molecule has 0 fully saturated rings. The van der Waals surface area contributed by atoms with Crippen LogP contribution in [-0.4, -0.2) is 32.6 Å². The van der Waals surface area contributed by atoms with Crippen LogP contribution in [0.15, 0.2) is 36.8 Å². The monoisotopic (exact) mass is 315 g/mol. The van der Waals surface area contributed by atoms with Gasteiger partial charge in [-0.1, -0.05) is 19.4 Å². The molecule has 2 heterocycles. The van der Waals surface area contributed by atoms with Gasteiger partial charge in [-0.2, -0.15) is 5.10 Å². The van der Waals surface area contributed by atoms with Crippen molar-refractivity contribution in [2.75, 3.05) is 0 Å². The predicted octanol–water partition coefficient (Wildman–Crippen LogP) is 1.19. The smallest absolute Gasteiger partial charge is 0.242 e. The van der Waals surface area contributed by atoms with E-state index in [2.05, 4.69) is 20.7 Å². The first-order chi connectivity index (χ1) is 11.1. The molecule has 0 spiro atoms. The molecule has 0 bridgehead atoms. The number of hydrogen-bond donors (Lipinski definition) is 2. The molecule has 2 N–H and O–H groups in total. The van der Waals surface area contributed by atoms with Gasteiger partial charge in [0.25, 0.3) is 0 Å². The van der Waals surface area contributed by atoms with Crippen LogP contribution in [0.4, 0.5) is 0 Å². The predicted molar refractivity (Wildman–Crippen MR) is 85.7 cm³/mol. The Hall–Kier alpha value is -2.70. The molecule has 2 amide bonds. The van der Waals surface area contributed by atoms with Crippen LogP contribution in [0.1, 0.15) is 32.3 Å². The number of aromatic nitrogens is 3. The normalized spacial score (nSPS) is 11.7. The molecular weight excluding hydrogens is 294 g/mol. The van der Waals surface area contributed by atoms with Crippen LogP contribution < -0.4 is 10.6 Å². The van der Waals surface area contributed by atoms with Crippen molar-refractivity contribution in [3.05, 3.63) is 42.4 Å². The fraction of sp³-hybridized carbons (Fsp3) is 0.375. The zero-order valence-electron chi connectivity index (χ0n) is 13.3. The highest BCUT2D eigenvalue weighted by Gasteiger charge is 2.17. The summed E-state index contributed by atoms with van der Waals surface area (Å²) in [4.78, 5) is 27.6. The third-order valence-electron chi connectivity index (χ3n) is 3.29. The molecule has 7 nitrogen and oxygen atoms in total. The minimum Gasteiger partial charge on any atom is -0.350 e. The van der Waals surface area contributed by atoms with Gasteiger partial charge < -0.3 is 10.6 Å². The second-order valence-corrected chi connectivity index (χ2v) is 5.23. The van der Waals surface area contributed by atoms with Gasteiger partial charge in [0.2, 0.25) is 11.8 Å². The Labute approximate surface area is 135 Å². The highest BCUT2D eigenvalue weighted by Crippen LogP contribution is 2.05. The van der Waals surface area contributed by atoms with Crippen molar-refractivity contribution in [2.45, 2.75) is 39.3 Å². The Morgan fingerprint density at radius 1 is 1.35 bits per heavy atom. The van der Waals surface area contributed by atoms with Gasteiger partial charge in [0.1, 0.15) is 6.04 Å². The second-order valence-electron chi connectivity index (χ2n) is 5.23. The van der Waals surface area contributed by atoms with E-state index in [0.29, 0.717) is 18.8 Å².